The summed E-state index contributed by atoms with van der Waals surface area (Å²) in [4.78, 5) is 26.8. The lowest BCUT2D eigenvalue weighted by Crippen LogP contribution is -2.17. The molecule has 0 radical (unpaired) electrons. The zero-order valence-electron chi connectivity index (χ0n) is 13.2. The van der Waals surface area contributed by atoms with E-state index in [2.05, 4.69) is 10.3 Å². The van der Waals surface area contributed by atoms with Crippen LogP contribution in [0.4, 0.5) is 10.1 Å². The van der Waals surface area contributed by atoms with E-state index >= 15 is 0 Å². The Morgan fingerprint density at radius 2 is 2.00 bits per heavy atom. The largest absolute Gasteiger partial charge is 0.325 e. The number of rotatable bonds is 4. The second kappa shape index (κ2) is 6.97. The van der Waals surface area contributed by atoms with Gasteiger partial charge in [-0.1, -0.05) is 12.1 Å². The molecule has 0 bridgehead atoms. The Morgan fingerprint density at radius 1 is 1.20 bits per heavy atom. The number of aryl methyl sites for hydroxylation is 1. The number of pyridine rings is 1. The van der Waals surface area contributed by atoms with Gasteiger partial charge < -0.3 is 10.3 Å². The van der Waals surface area contributed by atoms with Crippen LogP contribution in [0.3, 0.4) is 0 Å². The molecular formula is C19H14FN3O2. The van der Waals surface area contributed by atoms with E-state index in [1.807, 2.05) is 6.07 Å². The lowest BCUT2D eigenvalue weighted by Gasteiger charge is -2.07. The number of nitrogens with one attached hydrogen (secondary N) is 2. The number of aromatic nitrogens is 1. The number of carbonyl (C=O) groups is 1. The maximum Gasteiger partial charge on any atom is 0.251 e. The minimum absolute atomic E-state index is 0.0928. The van der Waals surface area contributed by atoms with Gasteiger partial charge in [0, 0.05) is 12.0 Å². The minimum atomic E-state index is -0.425. The number of para-hydroxylation sites is 1. The molecular weight excluding hydrogens is 321 g/mol. The van der Waals surface area contributed by atoms with Crippen molar-refractivity contribution in [2.75, 3.05) is 5.32 Å². The predicted octanol–water partition coefficient (Wildman–Crippen LogP) is 3.11. The number of anilines is 1. The van der Waals surface area contributed by atoms with Gasteiger partial charge in [-0.25, -0.2) is 4.39 Å². The lowest BCUT2D eigenvalue weighted by atomic mass is 10.1. The number of hydrogen-bond acceptors (Lipinski definition) is 3. The van der Waals surface area contributed by atoms with Gasteiger partial charge in [-0.2, -0.15) is 5.26 Å². The van der Waals surface area contributed by atoms with Crippen LogP contribution in [-0.4, -0.2) is 10.9 Å². The summed E-state index contributed by atoms with van der Waals surface area (Å²) in [5.74, 6) is -0.715. The average molecular weight is 335 g/mol. The van der Waals surface area contributed by atoms with Crippen LogP contribution in [0.5, 0.6) is 0 Å². The van der Waals surface area contributed by atoms with Crippen LogP contribution < -0.4 is 10.9 Å². The van der Waals surface area contributed by atoms with Gasteiger partial charge in [0.05, 0.1) is 16.8 Å². The topological polar surface area (TPSA) is 85.8 Å². The van der Waals surface area contributed by atoms with Crippen LogP contribution in [0.25, 0.3) is 10.9 Å². The molecule has 5 nitrogen and oxygen atoms in total. The Morgan fingerprint density at radius 3 is 2.80 bits per heavy atom. The molecule has 3 rings (SSSR count). The highest BCUT2D eigenvalue weighted by atomic mass is 19.1. The molecule has 0 aliphatic rings. The fraction of sp³-hybridized carbons (Fsp3) is 0.105. The van der Waals surface area contributed by atoms with Crippen LogP contribution in [0.1, 0.15) is 17.5 Å². The predicted molar refractivity (Wildman–Crippen MR) is 92.6 cm³/mol. The maximum absolute atomic E-state index is 13.2. The Bertz CT molecular complexity index is 1050. The van der Waals surface area contributed by atoms with Crippen molar-refractivity contribution in [1.82, 2.24) is 4.98 Å². The first-order valence-corrected chi connectivity index (χ1v) is 7.67. The van der Waals surface area contributed by atoms with Crippen molar-refractivity contribution in [2.45, 2.75) is 12.8 Å². The first-order valence-electron chi connectivity index (χ1n) is 7.67. The number of hydrogen-bond donors (Lipinski definition) is 2. The van der Waals surface area contributed by atoms with Crippen molar-refractivity contribution in [1.29, 1.82) is 5.26 Å². The highest BCUT2D eigenvalue weighted by Gasteiger charge is 2.09. The molecule has 124 valence electrons. The summed E-state index contributed by atoms with van der Waals surface area (Å²) in [6.45, 7) is 0. The molecule has 1 aromatic heterocycles. The zero-order chi connectivity index (χ0) is 17.8. The molecule has 1 heterocycles. The molecule has 0 aliphatic carbocycles. The summed E-state index contributed by atoms with van der Waals surface area (Å²) in [6.07, 6.45) is 0.332. The molecule has 0 unspecified atom stereocenters. The number of H-pyrrole nitrogens is 1. The first-order chi connectivity index (χ1) is 12.1. The van der Waals surface area contributed by atoms with Crippen LogP contribution in [0.2, 0.25) is 0 Å². The molecule has 2 N–H and O–H groups in total. The van der Waals surface area contributed by atoms with Crippen LogP contribution in [-0.2, 0) is 11.2 Å². The lowest BCUT2D eigenvalue weighted by molar-refractivity contribution is -0.116. The molecule has 0 atom stereocenters. The third kappa shape index (κ3) is 3.72. The van der Waals surface area contributed by atoms with Crippen molar-refractivity contribution in [2.24, 2.45) is 0 Å². The van der Waals surface area contributed by atoms with Gasteiger partial charge >= 0.3 is 0 Å². The standard InChI is InChI=1S/C19H14FN3O2/c20-15-7-5-12-9-13(19(25)23-17(12)10-15)6-8-18(24)22-16-4-2-1-3-14(16)11-21/h1-5,7,9-10H,6,8H2,(H,22,24)(H,23,25). The van der Waals surface area contributed by atoms with E-state index in [1.165, 1.54) is 12.1 Å². The first kappa shape index (κ1) is 16.4. The molecule has 25 heavy (non-hydrogen) atoms. The van der Waals surface area contributed by atoms with Gasteiger partial charge in [-0.05, 0) is 48.2 Å². The van der Waals surface area contributed by atoms with E-state index in [0.29, 0.717) is 27.7 Å². The molecule has 0 fully saturated rings. The van der Waals surface area contributed by atoms with Crippen LogP contribution in [0.15, 0.2) is 53.3 Å². The quantitative estimate of drug-likeness (QED) is 0.768. The summed E-state index contributed by atoms with van der Waals surface area (Å²) >= 11 is 0. The maximum atomic E-state index is 13.2. The van der Waals surface area contributed by atoms with Crippen molar-refractivity contribution in [3.05, 3.63) is 75.8 Å². The van der Waals surface area contributed by atoms with Crippen molar-refractivity contribution in [3.8, 4) is 6.07 Å². The molecule has 2 aromatic carbocycles. The van der Waals surface area contributed by atoms with E-state index in [-0.39, 0.29) is 24.3 Å². The molecule has 3 aromatic rings. The monoisotopic (exact) mass is 335 g/mol. The van der Waals surface area contributed by atoms with Gasteiger partial charge in [0.25, 0.3) is 5.56 Å². The van der Waals surface area contributed by atoms with E-state index in [9.17, 15) is 14.0 Å². The second-order valence-corrected chi connectivity index (χ2v) is 5.56. The van der Waals surface area contributed by atoms with Crippen LogP contribution in [0, 0.1) is 17.1 Å². The fourth-order valence-electron chi connectivity index (χ4n) is 2.55. The summed E-state index contributed by atoms with van der Waals surface area (Å²) in [5.41, 5.74) is 1.34. The number of carbonyl (C=O) groups excluding carboxylic acids is 1. The number of halogens is 1. The normalized spacial score (nSPS) is 10.4. The average Bonchev–Trinajstić information content (AvgIpc) is 2.60. The minimum Gasteiger partial charge on any atom is -0.325 e. The third-order valence-electron chi connectivity index (χ3n) is 3.83. The summed E-state index contributed by atoms with van der Waals surface area (Å²) in [7, 11) is 0. The number of nitriles is 1. The third-order valence-corrected chi connectivity index (χ3v) is 3.83. The molecule has 0 saturated heterocycles. The Labute approximate surface area is 142 Å². The van der Waals surface area contributed by atoms with E-state index < -0.39 is 5.82 Å². The molecule has 0 spiro atoms. The number of amides is 1. The Balaban J connectivity index is 1.73. The van der Waals surface area contributed by atoms with E-state index in [1.54, 1.807) is 36.4 Å². The van der Waals surface area contributed by atoms with Gasteiger partial charge in [0.15, 0.2) is 0 Å². The number of aromatic amines is 1. The summed E-state index contributed by atoms with van der Waals surface area (Å²) in [6, 6.07) is 14.5. The molecule has 1 amide bonds. The summed E-state index contributed by atoms with van der Waals surface area (Å²) in [5, 5.41) is 12.4. The van der Waals surface area contributed by atoms with Gasteiger partial charge in [-0.3, -0.25) is 9.59 Å². The Hall–Kier alpha value is -3.46. The Kier molecular flexibility index (Phi) is 4.57. The number of fused-ring (bicyclic) bond motifs is 1. The molecule has 6 heteroatoms. The van der Waals surface area contributed by atoms with E-state index in [4.69, 9.17) is 5.26 Å². The molecule has 0 aliphatic heterocycles. The highest BCUT2D eigenvalue weighted by Crippen LogP contribution is 2.15. The van der Waals surface area contributed by atoms with E-state index in [0.717, 1.165) is 0 Å². The van der Waals surface area contributed by atoms with Gasteiger partial charge in [0.1, 0.15) is 11.9 Å². The zero-order valence-corrected chi connectivity index (χ0v) is 13.2. The highest BCUT2D eigenvalue weighted by molar-refractivity contribution is 5.92. The smallest absolute Gasteiger partial charge is 0.251 e. The van der Waals surface area contributed by atoms with Crippen molar-refractivity contribution in [3.63, 3.8) is 0 Å². The molecule has 0 saturated carbocycles. The fourth-order valence-corrected chi connectivity index (χ4v) is 2.55. The van der Waals surface area contributed by atoms with Gasteiger partial charge in [0.2, 0.25) is 5.91 Å². The van der Waals surface area contributed by atoms with Crippen molar-refractivity contribution < 1.29 is 9.18 Å². The van der Waals surface area contributed by atoms with Crippen molar-refractivity contribution >= 4 is 22.5 Å². The van der Waals surface area contributed by atoms with Gasteiger partial charge in [-0.15, -0.1) is 0 Å². The number of nitrogens with zero attached hydrogens (tertiary/aromatic N) is 1. The number of benzene rings is 2. The second-order valence-electron chi connectivity index (χ2n) is 5.56. The SMILES string of the molecule is N#Cc1ccccc1NC(=O)CCc1cc2ccc(F)cc2[nH]c1=O. The summed E-state index contributed by atoms with van der Waals surface area (Å²) < 4.78 is 13.2. The van der Waals surface area contributed by atoms with Crippen LogP contribution >= 0.6 is 0 Å².